The maximum atomic E-state index is 14.9. The van der Waals surface area contributed by atoms with Gasteiger partial charge in [0.1, 0.15) is 34.5 Å². The number of benzene rings is 1. The van der Waals surface area contributed by atoms with Crippen LogP contribution in [-0.2, 0) is 18.3 Å². The molecule has 1 amide bonds. The molecule has 3 heterocycles. The van der Waals surface area contributed by atoms with Gasteiger partial charge in [-0.05, 0) is 32.9 Å². The molecule has 1 unspecified atom stereocenters. The Morgan fingerprint density at radius 3 is 2.68 bits per heavy atom. The quantitative estimate of drug-likeness (QED) is 0.635. The van der Waals surface area contributed by atoms with Crippen LogP contribution in [0.15, 0.2) is 23.0 Å². The molecule has 0 aliphatic carbocycles. The number of aromatic nitrogens is 1. The Balaban J connectivity index is 1.69. The van der Waals surface area contributed by atoms with Crippen LogP contribution in [0.3, 0.4) is 0 Å². The van der Waals surface area contributed by atoms with Crippen molar-refractivity contribution in [3.8, 4) is 22.8 Å². The number of amides is 1. The van der Waals surface area contributed by atoms with Crippen LogP contribution in [0.5, 0.6) is 11.5 Å². The SMILES string of the molecule is COc1cccc(F)c1-c1c(Cl)c2c(c(=O)n1C)CN1CCN(C(=O)OC(C)(C)C)CC1CO2. The monoisotopic (exact) mass is 493 g/mol. The average molecular weight is 494 g/mol. The van der Waals surface area contributed by atoms with Gasteiger partial charge in [0.2, 0.25) is 0 Å². The summed E-state index contributed by atoms with van der Waals surface area (Å²) in [6, 6.07) is 4.27. The zero-order valence-corrected chi connectivity index (χ0v) is 20.7. The summed E-state index contributed by atoms with van der Waals surface area (Å²) < 4.78 is 33.1. The van der Waals surface area contributed by atoms with Crippen LogP contribution in [-0.4, -0.2) is 65.5 Å². The van der Waals surface area contributed by atoms with E-state index in [1.807, 2.05) is 20.8 Å². The molecule has 184 valence electrons. The van der Waals surface area contributed by atoms with Crippen molar-refractivity contribution in [1.29, 1.82) is 0 Å². The fourth-order valence-corrected chi connectivity index (χ4v) is 4.78. The standard InChI is InChI=1S/C24H29ClFN3O5/c1-24(2,3)34-23(31)29-10-9-28-12-15-21(33-13-14(28)11-29)19(25)20(27(4)22(15)30)18-16(26)7-6-8-17(18)32-5/h6-8,14H,9-13H2,1-5H3. The number of hydrogen-bond donors (Lipinski definition) is 0. The summed E-state index contributed by atoms with van der Waals surface area (Å²) in [5, 5.41) is 0.143. The maximum Gasteiger partial charge on any atom is 0.410 e. The molecule has 0 N–H and O–H groups in total. The number of ether oxygens (including phenoxy) is 3. The van der Waals surface area contributed by atoms with Crippen molar-refractivity contribution in [3.05, 3.63) is 45.0 Å². The van der Waals surface area contributed by atoms with E-state index in [0.717, 1.165) is 0 Å². The van der Waals surface area contributed by atoms with Gasteiger partial charge in [0, 0.05) is 33.2 Å². The van der Waals surface area contributed by atoms with Crippen molar-refractivity contribution in [2.24, 2.45) is 7.05 Å². The second-order valence-electron chi connectivity index (χ2n) is 9.51. The number of halogens is 2. The van der Waals surface area contributed by atoms with Crippen molar-refractivity contribution in [2.75, 3.05) is 33.4 Å². The van der Waals surface area contributed by atoms with Gasteiger partial charge in [-0.1, -0.05) is 17.7 Å². The van der Waals surface area contributed by atoms with Gasteiger partial charge in [-0.25, -0.2) is 9.18 Å². The molecule has 0 radical (unpaired) electrons. The van der Waals surface area contributed by atoms with Crippen LogP contribution in [0.25, 0.3) is 11.3 Å². The predicted molar refractivity (Wildman–Crippen MR) is 126 cm³/mol. The lowest BCUT2D eigenvalue weighted by Crippen LogP contribution is -2.56. The molecule has 0 saturated carbocycles. The Morgan fingerprint density at radius 2 is 2.00 bits per heavy atom. The van der Waals surface area contributed by atoms with Gasteiger partial charge in [-0.3, -0.25) is 9.69 Å². The predicted octanol–water partition coefficient (Wildman–Crippen LogP) is 3.67. The van der Waals surface area contributed by atoms with E-state index >= 15 is 0 Å². The van der Waals surface area contributed by atoms with Crippen LogP contribution >= 0.6 is 11.6 Å². The molecule has 1 aromatic heterocycles. The van der Waals surface area contributed by atoms with Gasteiger partial charge in [-0.2, -0.15) is 0 Å². The van der Waals surface area contributed by atoms with Gasteiger partial charge in [0.05, 0.1) is 30.0 Å². The molecule has 1 saturated heterocycles. The summed E-state index contributed by atoms with van der Waals surface area (Å²) in [6.45, 7) is 7.42. The van der Waals surface area contributed by atoms with E-state index in [0.29, 0.717) is 31.7 Å². The summed E-state index contributed by atoms with van der Waals surface area (Å²) >= 11 is 6.75. The molecule has 2 aliphatic rings. The molecule has 8 nitrogen and oxygen atoms in total. The zero-order valence-electron chi connectivity index (χ0n) is 20.0. The third-order valence-corrected chi connectivity index (χ3v) is 6.40. The number of methoxy groups -OCH3 is 1. The number of rotatable bonds is 2. The van der Waals surface area contributed by atoms with Crippen molar-refractivity contribution in [1.82, 2.24) is 14.4 Å². The van der Waals surface area contributed by atoms with E-state index in [-0.39, 0.29) is 52.1 Å². The lowest BCUT2D eigenvalue weighted by atomic mass is 10.1. The first-order chi connectivity index (χ1) is 16.0. The molecule has 1 aromatic carbocycles. The fourth-order valence-electron chi connectivity index (χ4n) is 4.39. The summed E-state index contributed by atoms with van der Waals surface area (Å²) in [6.07, 6.45) is -0.378. The third-order valence-electron chi connectivity index (χ3n) is 6.05. The van der Waals surface area contributed by atoms with Crippen LogP contribution in [0.2, 0.25) is 5.02 Å². The highest BCUT2D eigenvalue weighted by Crippen LogP contribution is 2.42. The maximum absolute atomic E-state index is 14.9. The van der Waals surface area contributed by atoms with Gasteiger partial charge in [0.15, 0.2) is 0 Å². The zero-order chi connectivity index (χ0) is 24.8. The van der Waals surface area contributed by atoms with Crippen LogP contribution in [0, 0.1) is 5.82 Å². The number of fused-ring (bicyclic) bond motifs is 2. The molecule has 34 heavy (non-hydrogen) atoms. The molecule has 2 aliphatic heterocycles. The Kier molecular flexibility index (Phi) is 6.52. The first-order valence-corrected chi connectivity index (χ1v) is 11.5. The van der Waals surface area contributed by atoms with Gasteiger partial charge in [0.25, 0.3) is 5.56 Å². The van der Waals surface area contributed by atoms with Crippen LogP contribution in [0.4, 0.5) is 9.18 Å². The highest BCUT2D eigenvalue weighted by atomic mass is 35.5. The van der Waals surface area contributed by atoms with Crippen LogP contribution in [0.1, 0.15) is 26.3 Å². The number of piperazine rings is 1. The van der Waals surface area contributed by atoms with E-state index in [4.69, 9.17) is 25.8 Å². The lowest BCUT2D eigenvalue weighted by molar-refractivity contribution is -0.00157. The summed E-state index contributed by atoms with van der Waals surface area (Å²) in [5.74, 6) is -0.0607. The normalized spacial score (nSPS) is 18.4. The first-order valence-electron chi connectivity index (χ1n) is 11.1. The lowest BCUT2D eigenvalue weighted by Gasteiger charge is -2.40. The second kappa shape index (κ2) is 9.11. The average Bonchev–Trinajstić information content (AvgIpc) is 2.97. The second-order valence-corrected chi connectivity index (χ2v) is 9.89. The van der Waals surface area contributed by atoms with Crippen molar-refractivity contribution in [3.63, 3.8) is 0 Å². The topological polar surface area (TPSA) is 73.2 Å². The van der Waals surface area contributed by atoms with Crippen molar-refractivity contribution in [2.45, 2.75) is 39.0 Å². The van der Waals surface area contributed by atoms with E-state index < -0.39 is 11.4 Å². The molecule has 1 atom stereocenters. The molecule has 1 fully saturated rings. The van der Waals surface area contributed by atoms with Crippen molar-refractivity contribution < 1.29 is 23.4 Å². The Bertz CT molecular complexity index is 1180. The number of pyridine rings is 1. The Morgan fingerprint density at radius 1 is 1.26 bits per heavy atom. The van der Waals surface area contributed by atoms with E-state index in [9.17, 15) is 14.0 Å². The van der Waals surface area contributed by atoms with Gasteiger partial charge >= 0.3 is 6.09 Å². The minimum Gasteiger partial charge on any atom is -0.496 e. The Hall–Kier alpha value is -2.78. The molecule has 4 rings (SSSR count). The smallest absolute Gasteiger partial charge is 0.410 e. The first kappa shape index (κ1) is 24.3. The molecule has 2 aromatic rings. The van der Waals surface area contributed by atoms with Gasteiger partial charge < -0.3 is 23.7 Å². The summed E-state index contributed by atoms with van der Waals surface area (Å²) in [7, 11) is 2.98. The molecular weight excluding hydrogens is 465 g/mol. The van der Waals surface area contributed by atoms with E-state index in [1.54, 1.807) is 18.0 Å². The van der Waals surface area contributed by atoms with Gasteiger partial charge in [-0.15, -0.1) is 0 Å². The number of carbonyl (C=O) groups is 1. The summed E-state index contributed by atoms with van der Waals surface area (Å²) in [4.78, 5) is 29.7. The van der Waals surface area contributed by atoms with E-state index in [1.165, 1.54) is 23.8 Å². The molecule has 10 heteroatoms. The van der Waals surface area contributed by atoms with Crippen molar-refractivity contribution >= 4 is 17.7 Å². The highest BCUT2D eigenvalue weighted by molar-refractivity contribution is 6.34. The van der Waals surface area contributed by atoms with E-state index in [2.05, 4.69) is 4.90 Å². The highest BCUT2D eigenvalue weighted by Gasteiger charge is 2.37. The number of nitrogens with zero attached hydrogens (tertiary/aromatic N) is 3. The molecular formula is C24H29ClFN3O5. The largest absolute Gasteiger partial charge is 0.496 e. The summed E-state index contributed by atoms with van der Waals surface area (Å²) in [5.41, 5.74) is -0.224. The fraction of sp³-hybridized carbons (Fsp3) is 0.500. The van der Waals surface area contributed by atoms with Crippen LogP contribution < -0.4 is 15.0 Å². The molecule has 0 spiro atoms. The molecule has 0 bridgehead atoms. The minimum absolute atomic E-state index is 0.0964. The third kappa shape index (κ3) is 4.46. The minimum atomic E-state index is -0.589. The number of carbonyl (C=O) groups excluding carboxylic acids is 1. The Labute approximate surface area is 202 Å². The number of hydrogen-bond acceptors (Lipinski definition) is 6.